The Labute approximate surface area is 90.3 Å². The second-order valence-electron chi connectivity index (χ2n) is 4.01. The quantitative estimate of drug-likeness (QED) is 0.762. The lowest BCUT2D eigenvalue weighted by Gasteiger charge is -2.18. The van der Waals surface area contributed by atoms with Crippen LogP contribution in [0, 0.1) is 0 Å². The minimum atomic E-state index is 0.453. The third kappa shape index (κ3) is 1.69. The average molecular weight is 207 g/mol. The van der Waals surface area contributed by atoms with E-state index in [4.69, 9.17) is 0 Å². The van der Waals surface area contributed by atoms with Crippen LogP contribution in [0.4, 0.5) is 0 Å². The maximum atomic E-state index is 3.31. The number of likely N-dealkylation sites (N-methyl/N-ethyl adjacent to an activating group) is 1. The number of rotatable bonds is 4. The van der Waals surface area contributed by atoms with Gasteiger partial charge in [-0.25, -0.2) is 0 Å². The van der Waals surface area contributed by atoms with Crippen molar-refractivity contribution in [1.29, 1.82) is 0 Å². The Hall–Kier alpha value is -0.470. The Balaban J connectivity index is 2.31. The molecule has 1 nitrogen and oxygen atoms in total. The molecule has 1 aliphatic rings. The summed E-state index contributed by atoms with van der Waals surface area (Å²) in [6.45, 7) is 1.12. The van der Waals surface area contributed by atoms with E-state index in [1.54, 1.807) is 5.56 Å². The van der Waals surface area contributed by atoms with E-state index in [9.17, 15) is 0 Å². The van der Waals surface area contributed by atoms with Crippen LogP contribution in [0.2, 0.25) is 0 Å². The van der Waals surface area contributed by atoms with Crippen molar-refractivity contribution in [2.24, 2.45) is 0 Å². The minimum Gasteiger partial charge on any atom is -0.319 e. The van der Waals surface area contributed by atoms with Gasteiger partial charge < -0.3 is 5.32 Å². The van der Waals surface area contributed by atoms with Gasteiger partial charge in [-0.3, -0.25) is 0 Å². The smallest absolute Gasteiger partial charge is 0.0107 e. The van der Waals surface area contributed by atoms with E-state index in [1.165, 1.54) is 17.7 Å². The highest BCUT2D eigenvalue weighted by molar-refractivity contribution is 7.98. The summed E-state index contributed by atoms with van der Waals surface area (Å²) in [6, 6.07) is 8.81. The van der Waals surface area contributed by atoms with Crippen LogP contribution >= 0.6 is 11.8 Å². The molecule has 0 amide bonds. The van der Waals surface area contributed by atoms with Crippen LogP contribution in [0.25, 0.3) is 0 Å². The summed E-state index contributed by atoms with van der Waals surface area (Å²) < 4.78 is 0. The Morgan fingerprint density at radius 3 is 2.64 bits per heavy atom. The molecule has 0 heterocycles. The van der Waals surface area contributed by atoms with Gasteiger partial charge in [-0.05, 0) is 37.8 Å². The molecule has 0 bridgehead atoms. The first-order valence-corrected chi connectivity index (χ1v) is 6.33. The van der Waals surface area contributed by atoms with Gasteiger partial charge in [0, 0.05) is 16.9 Å². The SMILES string of the molecule is CNCC1(c2ccccc2SC)CC1. The van der Waals surface area contributed by atoms with E-state index < -0.39 is 0 Å². The second-order valence-corrected chi connectivity index (χ2v) is 4.86. The number of hydrogen-bond donors (Lipinski definition) is 1. The Morgan fingerprint density at radius 2 is 2.07 bits per heavy atom. The van der Waals surface area contributed by atoms with Crippen molar-refractivity contribution in [2.45, 2.75) is 23.2 Å². The maximum Gasteiger partial charge on any atom is 0.0107 e. The van der Waals surface area contributed by atoms with Gasteiger partial charge in [-0.15, -0.1) is 11.8 Å². The van der Waals surface area contributed by atoms with E-state index in [1.807, 2.05) is 18.8 Å². The normalized spacial score (nSPS) is 18.1. The lowest BCUT2D eigenvalue weighted by atomic mass is 9.96. The highest BCUT2D eigenvalue weighted by Crippen LogP contribution is 2.50. The van der Waals surface area contributed by atoms with Crippen molar-refractivity contribution in [3.63, 3.8) is 0 Å². The van der Waals surface area contributed by atoms with E-state index >= 15 is 0 Å². The standard InChI is InChI=1S/C12H17NS/c1-13-9-12(7-8-12)10-5-3-4-6-11(10)14-2/h3-6,13H,7-9H2,1-2H3. The zero-order valence-electron chi connectivity index (χ0n) is 8.84. The zero-order chi connectivity index (χ0) is 10.0. The molecule has 0 aliphatic heterocycles. The first-order chi connectivity index (χ1) is 6.82. The molecule has 1 fully saturated rings. The van der Waals surface area contributed by atoms with E-state index in [0.29, 0.717) is 5.41 Å². The monoisotopic (exact) mass is 207 g/mol. The molecule has 0 radical (unpaired) electrons. The molecule has 2 heteroatoms. The van der Waals surface area contributed by atoms with Crippen molar-refractivity contribution in [3.8, 4) is 0 Å². The second kappa shape index (κ2) is 3.95. The van der Waals surface area contributed by atoms with Crippen LogP contribution in [0.3, 0.4) is 0 Å². The molecule has 1 aliphatic carbocycles. The predicted molar refractivity (Wildman–Crippen MR) is 63.1 cm³/mol. The molecule has 14 heavy (non-hydrogen) atoms. The van der Waals surface area contributed by atoms with Gasteiger partial charge in [-0.2, -0.15) is 0 Å². The lowest BCUT2D eigenvalue weighted by molar-refractivity contribution is 0.615. The zero-order valence-corrected chi connectivity index (χ0v) is 9.66. The van der Waals surface area contributed by atoms with E-state index in [0.717, 1.165) is 6.54 Å². The number of hydrogen-bond acceptors (Lipinski definition) is 2. The minimum absolute atomic E-state index is 0.453. The highest BCUT2D eigenvalue weighted by Gasteiger charge is 2.44. The van der Waals surface area contributed by atoms with Crippen molar-refractivity contribution in [3.05, 3.63) is 29.8 Å². The molecule has 76 valence electrons. The highest BCUT2D eigenvalue weighted by atomic mass is 32.2. The lowest BCUT2D eigenvalue weighted by Crippen LogP contribution is -2.24. The first-order valence-electron chi connectivity index (χ1n) is 5.10. The molecule has 0 atom stereocenters. The third-order valence-electron chi connectivity index (χ3n) is 3.05. The molecule has 2 rings (SSSR count). The first kappa shape index (κ1) is 10.1. The molecule has 1 saturated carbocycles. The van der Waals surface area contributed by atoms with Crippen LogP contribution in [-0.4, -0.2) is 19.8 Å². The molecular formula is C12H17NS. The van der Waals surface area contributed by atoms with Gasteiger partial charge >= 0.3 is 0 Å². The van der Waals surface area contributed by atoms with Crippen LogP contribution in [0.1, 0.15) is 18.4 Å². The Kier molecular flexibility index (Phi) is 2.84. The fourth-order valence-corrected chi connectivity index (χ4v) is 2.83. The molecule has 0 saturated heterocycles. The number of nitrogens with one attached hydrogen (secondary N) is 1. The molecular weight excluding hydrogens is 190 g/mol. The summed E-state index contributed by atoms with van der Waals surface area (Å²) in [4.78, 5) is 1.44. The van der Waals surface area contributed by atoms with Crippen LogP contribution in [0.5, 0.6) is 0 Å². The van der Waals surface area contributed by atoms with Gasteiger partial charge in [0.25, 0.3) is 0 Å². The molecule has 0 unspecified atom stereocenters. The Morgan fingerprint density at radius 1 is 1.36 bits per heavy atom. The average Bonchev–Trinajstić information content (AvgIpc) is 2.99. The van der Waals surface area contributed by atoms with E-state index in [2.05, 4.69) is 35.8 Å². The van der Waals surface area contributed by atoms with E-state index in [-0.39, 0.29) is 0 Å². The fourth-order valence-electron chi connectivity index (χ4n) is 2.11. The van der Waals surface area contributed by atoms with Crippen molar-refractivity contribution >= 4 is 11.8 Å². The summed E-state index contributed by atoms with van der Waals surface area (Å²) in [6.07, 6.45) is 4.84. The largest absolute Gasteiger partial charge is 0.319 e. The molecule has 0 spiro atoms. The van der Waals surface area contributed by atoms with Crippen molar-refractivity contribution < 1.29 is 0 Å². The topological polar surface area (TPSA) is 12.0 Å². The molecule has 1 aromatic rings. The molecule has 1 aromatic carbocycles. The maximum absolute atomic E-state index is 3.31. The van der Waals surface area contributed by atoms with Crippen LogP contribution < -0.4 is 5.32 Å². The summed E-state index contributed by atoms with van der Waals surface area (Å²) in [5.41, 5.74) is 2.00. The number of benzene rings is 1. The summed E-state index contributed by atoms with van der Waals surface area (Å²) >= 11 is 1.86. The fraction of sp³-hybridized carbons (Fsp3) is 0.500. The van der Waals surface area contributed by atoms with Crippen LogP contribution in [-0.2, 0) is 5.41 Å². The summed E-state index contributed by atoms with van der Waals surface area (Å²) in [5, 5.41) is 3.31. The summed E-state index contributed by atoms with van der Waals surface area (Å²) in [5.74, 6) is 0. The van der Waals surface area contributed by atoms with Crippen LogP contribution in [0.15, 0.2) is 29.2 Å². The van der Waals surface area contributed by atoms with Gasteiger partial charge in [0.15, 0.2) is 0 Å². The summed E-state index contributed by atoms with van der Waals surface area (Å²) in [7, 11) is 2.04. The van der Waals surface area contributed by atoms with Crippen molar-refractivity contribution in [1.82, 2.24) is 5.32 Å². The predicted octanol–water partition coefficient (Wildman–Crippen LogP) is 2.66. The number of thioether (sulfide) groups is 1. The van der Waals surface area contributed by atoms with Gasteiger partial charge in [0.05, 0.1) is 0 Å². The molecule has 1 N–H and O–H groups in total. The van der Waals surface area contributed by atoms with Gasteiger partial charge in [-0.1, -0.05) is 18.2 Å². The third-order valence-corrected chi connectivity index (χ3v) is 3.84. The molecule has 0 aromatic heterocycles. The van der Waals surface area contributed by atoms with Crippen molar-refractivity contribution in [2.75, 3.05) is 19.8 Å². The van der Waals surface area contributed by atoms with Gasteiger partial charge in [0.1, 0.15) is 0 Å². The van der Waals surface area contributed by atoms with Gasteiger partial charge in [0.2, 0.25) is 0 Å². The Bertz CT molecular complexity index is 318.